The molecule has 0 saturated carbocycles. The summed E-state index contributed by atoms with van der Waals surface area (Å²) >= 11 is 0. The SMILES string of the molecule is CC(=O)Nc1cccc(C(C)NC(C)CC(C)C)c1. The van der Waals surface area contributed by atoms with E-state index in [2.05, 4.69) is 44.4 Å². The molecule has 2 atom stereocenters. The van der Waals surface area contributed by atoms with Crippen molar-refractivity contribution in [3.63, 3.8) is 0 Å². The number of benzene rings is 1. The Morgan fingerprint density at radius 1 is 1.21 bits per heavy atom. The van der Waals surface area contributed by atoms with Crippen molar-refractivity contribution in [3.05, 3.63) is 29.8 Å². The molecule has 0 aliphatic heterocycles. The third kappa shape index (κ3) is 5.88. The monoisotopic (exact) mass is 262 g/mol. The predicted octanol–water partition coefficient (Wildman–Crippen LogP) is 3.73. The molecular formula is C16H26N2O. The number of carbonyl (C=O) groups excluding carboxylic acids is 1. The number of hydrogen-bond acceptors (Lipinski definition) is 2. The molecule has 2 N–H and O–H groups in total. The molecule has 0 heterocycles. The first kappa shape index (κ1) is 15.7. The topological polar surface area (TPSA) is 41.1 Å². The van der Waals surface area contributed by atoms with Gasteiger partial charge in [0.05, 0.1) is 0 Å². The van der Waals surface area contributed by atoms with Crippen LogP contribution in [-0.4, -0.2) is 11.9 Å². The van der Waals surface area contributed by atoms with Gasteiger partial charge in [0.15, 0.2) is 0 Å². The number of carbonyl (C=O) groups is 1. The van der Waals surface area contributed by atoms with E-state index in [-0.39, 0.29) is 11.9 Å². The first-order valence-electron chi connectivity index (χ1n) is 7.02. The molecule has 1 aromatic carbocycles. The van der Waals surface area contributed by atoms with Crippen molar-refractivity contribution in [2.24, 2.45) is 5.92 Å². The van der Waals surface area contributed by atoms with Crippen LogP contribution in [0.25, 0.3) is 0 Å². The fourth-order valence-electron chi connectivity index (χ4n) is 2.39. The molecule has 106 valence electrons. The van der Waals surface area contributed by atoms with E-state index >= 15 is 0 Å². The highest BCUT2D eigenvalue weighted by atomic mass is 16.1. The van der Waals surface area contributed by atoms with E-state index in [1.165, 1.54) is 12.5 Å². The number of amides is 1. The van der Waals surface area contributed by atoms with Crippen molar-refractivity contribution in [1.82, 2.24) is 5.32 Å². The molecular weight excluding hydrogens is 236 g/mol. The van der Waals surface area contributed by atoms with Crippen molar-refractivity contribution >= 4 is 11.6 Å². The average Bonchev–Trinajstić information content (AvgIpc) is 2.27. The minimum Gasteiger partial charge on any atom is -0.326 e. The highest BCUT2D eigenvalue weighted by Gasteiger charge is 2.11. The van der Waals surface area contributed by atoms with Gasteiger partial charge in [-0.3, -0.25) is 4.79 Å². The second-order valence-corrected chi connectivity index (χ2v) is 5.73. The van der Waals surface area contributed by atoms with Crippen LogP contribution in [0.4, 0.5) is 5.69 Å². The molecule has 0 fully saturated rings. The van der Waals surface area contributed by atoms with Crippen LogP contribution in [0.3, 0.4) is 0 Å². The Hall–Kier alpha value is -1.35. The molecule has 1 rings (SSSR count). The van der Waals surface area contributed by atoms with Crippen LogP contribution in [-0.2, 0) is 4.79 Å². The van der Waals surface area contributed by atoms with Crippen LogP contribution in [0.5, 0.6) is 0 Å². The maximum absolute atomic E-state index is 11.1. The van der Waals surface area contributed by atoms with Crippen LogP contribution >= 0.6 is 0 Å². The highest BCUT2D eigenvalue weighted by Crippen LogP contribution is 2.19. The van der Waals surface area contributed by atoms with Crippen molar-refractivity contribution in [3.8, 4) is 0 Å². The normalized spacial score (nSPS) is 14.2. The number of nitrogens with one attached hydrogen (secondary N) is 2. The van der Waals surface area contributed by atoms with Gasteiger partial charge in [-0.25, -0.2) is 0 Å². The fourth-order valence-corrected chi connectivity index (χ4v) is 2.39. The van der Waals surface area contributed by atoms with Crippen LogP contribution in [0.1, 0.15) is 52.6 Å². The van der Waals surface area contributed by atoms with Crippen molar-refractivity contribution in [1.29, 1.82) is 0 Å². The molecule has 0 saturated heterocycles. The minimum absolute atomic E-state index is 0.0362. The lowest BCUT2D eigenvalue weighted by Gasteiger charge is -2.22. The lowest BCUT2D eigenvalue weighted by Crippen LogP contribution is -2.30. The van der Waals surface area contributed by atoms with Gasteiger partial charge in [0.2, 0.25) is 5.91 Å². The molecule has 0 bridgehead atoms. The first-order valence-corrected chi connectivity index (χ1v) is 7.02. The summed E-state index contributed by atoms with van der Waals surface area (Å²) in [5, 5.41) is 6.41. The molecule has 3 nitrogen and oxygen atoms in total. The zero-order chi connectivity index (χ0) is 14.4. The molecule has 3 heteroatoms. The standard InChI is InChI=1S/C16H26N2O/c1-11(2)9-12(3)17-13(4)15-7-6-8-16(10-15)18-14(5)19/h6-8,10-13,17H,9H2,1-5H3,(H,18,19). The molecule has 0 aliphatic rings. The lowest BCUT2D eigenvalue weighted by molar-refractivity contribution is -0.114. The smallest absolute Gasteiger partial charge is 0.221 e. The van der Waals surface area contributed by atoms with E-state index in [0.29, 0.717) is 12.0 Å². The Labute approximate surface area is 116 Å². The summed E-state index contributed by atoms with van der Waals surface area (Å²) < 4.78 is 0. The molecule has 0 spiro atoms. The third-order valence-corrected chi connectivity index (χ3v) is 3.07. The van der Waals surface area contributed by atoms with Crippen molar-refractivity contribution < 1.29 is 4.79 Å². The van der Waals surface area contributed by atoms with E-state index in [1.807, 2.05) is 18.2 Å². The molecule has 1 aromatic rings. The lowest BCUT2D eigenvalue weighted by atomic mass is 10.0. The van der Waals surface area contributed by atoms with Gasteiger partial charge in [-0.1, -0.05) is 26.0 Å². The first-order chi connectivity index (χ1) is 8.88. The van der Waals surface area contributed by atoms with E-state index in [0.717, 1.165) is 12.1 Å². The van der Waals surface area contributed by atoms with E-state index in [4.69, 9.17) is 0 Å². The molecule has 0 radical (unpaired) electrons. The summed E-state index contributed by atoms with van der Waals surface area (Å²) in [6, 6.07) is 8.77. The van der Waals surface area contributed by atoms with Gasteiger partial charge in [0.1, 0.15) is 0 Å². The average molecular weight is 262 g/mol. The van der Waals surface area contributed by atoms with E-state index in [9.17, 15) is 4.79 Å². The fraction of sp³-hybridized carbons (Fsp3) is 0.562. The van der Waals surface area contributed by atoms with Crippen LogP contribution in [0, 0.1) is 5.92 Å². The van der Waals surface area contributed by atoms with Gasteiger partial charge in [-0.15, -0.1) is 0 Å². The Balaban J connectivity index is 2.65. The van der Waals surface area contributed by atoms with E-state index < -0.39 is 0 Å². The Morgan fingerprint density at radius 3 is 2.47 bits per heavy atom. The zero-order valence-corrected chi connectivity index (χ0v) is 12.7. The molecule has 0 aromatic heterocycles. The number of anilines is 1. The number of hydrogen-bond donors (Lipinski definition) is 2. The second-order valence-electron chi connectivity index (χ2n) is 5.73. The largest absolute Gasteiger partial charge is 0.326 e. The van der Waals surface area contributed by atoms with E-state index in [1.54, 1.807) is 0 Å². The quantitative estimate of drug-likeness (QED) is 0.820. The summed E-state index contributed by atoms with van der Waals surface area (Å²) in [5.41, 5.74) is 2.05. The van der Waals surface area contributed by atoms with Gasteiger partial charge < -0.3 is 10.6 Å². The van der Waals surface area contributed by atoms with Gasteiger partial charge in [0, 0.05) is 24.7 Å². The van der Waals surface area contributed by atoms with Gasteiger partial charge in [-0.2, -0.15) is 0 Å². The van der Waals surface area contributed by atoms with Crippen LogP contribution < -0.4 is 10.6 Å². The summed E-state index contributed by atoms with van der Waals surface area (Å²) in [6.45, 7) is 10.4. The predicted molar refractivity (Wildman–Crippen MR) is 81.2 cm³/mol. The maximum Gasteiger partial charge on any atom is 0.221 e. The third-order valence-electron chi connectivity index (χ3n) is 3.07. The number of rotatable bonds is 6. The van der Waals surface area contributed by atoms with Crippen molar-refractivity contribution in [2.45, 2.75) is 53.1 Å². The summed E-state index contributed by atoms with van der Waals surface area (Å²) in [5.74, 6) is 0.659. The summed E-state index contributed by atoms with van der Waals surface area (Å²) in [7, 11) is 0. The Morgan fingerprint density at radius 2 is 1.89 bits per heavy atom. The van der Waals surface area contributed by atoms with Gasteiger partial charge in [0.25, 0.3) is 0 Å². The van der Waals surface area contributed by atoms with Crippen LogP contribution in [0.2, 0.25) is 0 Å². The summed E-state index contributed by atoms with van der Waals surface area (Å²) in [6.07, 6.45) is 1.16. The molecule has 0 aliphatic carbocycles. The Kier molecular flexibility index (Phi) is 6.03. The molecule has 2 unspecified atom stereocenters. The maximum atomic E-state index is 11.1. The van der Waals surface area contributed by atoms with Crippen molar-refractivity contribution in [2.75, 3.05) is 5.32 Å². The van der Waals surface area contributed by atoms with Crippen LogP contribution in [0.15, 0.2) is 24.3 Å². The minimum atomic E-state index is -0.0362. The van der Waals surface area contributed by atoms with Gasteiger partial charge in [-0.05, 0) is 43.9 Å². The summed E-state index contributed by atoms with van der Waals surface area (Å²) in [4.78, 5) is 11.1. The molecule has 1 amide bonds. The van der Waals surface area contributed by atoms with Gasteiger partial charge >= 0.3 is 0 Å². The zero-order valence-electron chi connectivity index (χ0n) is 12.7. The molecule has 19 heavy (non-hydrogen) atoms. The Bertz CT molecular complexity index is 415. The second kappa shape index (κ2) is 7.29. The highest BCUT2D eigenvalue weighted by molar-refractivity contribution is 5.88.